The number of nitrogen functional groups attached to an aromatic ring is 1. The zero-order valence-electron chi connectivity index (χ0n) is 19.0. The van der Waals surface area contributed by atoms with Crippen molar-refractivity contribution in [1.82, 2.24) is 14.9 Å². The minimum absolute atomic E-state index is 0.0156. The van der Waals surface area contributed by atoms with Crippen LogP contribution in [0.1, 0.15) is 6.92 Å². The number of hydrogen-bond donors (Lipinski definition) is 5. The van der Waals surface area contributed by atoms with Crippen LogP contribution < -0.4 is 20.5 Å². The SMILES string of the molecule is CC(=O)NS(=O)(=O)c1ccc(N)cc1.O=S(=O)(Nc1ccccc1)c1ccc(Nc2cc[nH]n2)cc1. The molecule has 11 nitrogen and oxygen atoms in total. The van der Waals surface area contributed by atoms with E-state index in [1.54, 1.807) is 60.8 Å². The van der Waals surface area contributed by atoms with E-state index in [9.17, 15) is 21.6 Å². The Bertz CT molecular complexity index is 1490. The molecule has 0 aliphatic carbocycles. The first kappa shape index (κ1) is 26.2. The molecule has 0 bridgehead atoms. The number of nitrogens with zero attached hydrogens (tertiary/aromatic N) is 1. The van der Waals surface area contributed by atoms with Crippen LogP contribution in [0.5, 0.6) is 0 Å². The van der Waals surface area contributed by atoms with Gasteiger partial charge >= 0.3 is 0 Å². The lowest BCUT2D eigenvalue weighted by molar-refractivity contribution is -0.117. The molecule has 0 radical (unpaired) electrons. The Morgan fingerprint density at radius 1 is 0.778 bits per heavy atom. The maximum atomic E-state index is 12.3. The Kier molecular flexibility index (Phi) is 8.30. The molecule has 0 unspecified atom stereocenters. The van der Waals surface area contributed by atoms with Crippen molar-refractivity contribution in [2.24, 2.45) is 0 Å². The highest BCUT2D eigenvalue weighted by Crippen LogP contribution is 2.20. The summed E-state index contributed by atoms with van der Waals surface area (Å²) in [6.45, 7) is 1.13. The number of amides is 1. The molecule has 0 aliphatic heterocycles. The average Bonchev–Trinajstić information content (AvgIpc) is 3.33. The Balaban J connectivity index is 0.000000223. The van der Waals surface area contributed by atoms with Crippen LogP contribution in [0.25, 0.3) is 0 Å². The lowest BCUT2D eigenvalue weighted by atomic mass is 10.3. The third-order valence-electron chi connectivity index (χ3n) is 4.43. The molecule has 3 aromatic carbocycles. The molecule has 0 fully saturated rings. The van der Waals surface area contributed by atoms with E-state index >= 15 is 0 Å². The van der Waals surface area contributed by atoms with Crippen molar-refractivity contribution < 1.29 is 21.6 Å². The number of rotatable bonds is 7. The number of H-pyrrole nitrogens is 1. The highest BCUT2D eigenvalue weighted by atomic mass is 32.2. The Hall–Kier alpha value is -4.36. The Morgan fingerprint density at radius 3 is 1.92 bits per heavy atom. The van der Waals surface area contributed by atoms with Crippen LogP contribution in [0.2, 0.25) is 0 Å². The molecule has 0 saturated carbocycles. The monoisotopic (exact) mass is 528 g/mol. The minimum Gasteiger partial charge on any atom is -0.399 e. The summed E-state index contributed by atoms with van der Waals surface area (Å²) in [5, 5.41) is 9.72. The maximum Gasteiger partial charge on any atom is 0.264 e. The van der Waals surface area contributed by atoms with Gasteiger partial charge in [-0.05, 0) is 60.7 Å². The minimum atomic E-state index is -3.73. The summed E-state index contributed by atoms with van der Waals surface area (Å²) in [7, 11) is -7.32. The highest BCUT2D eigenvalue weighted by molar-refractivity contribution is 7.92. The van der Waals surface area contributed by atoms with Gasteiger partial charge in [0.25, 0.3) is 20.0 Å². The van der Waals surface area contributed by atoms with E-state index in [0.29, 0.717) is 17.2 Å². The van der Waals surface area contributed by atoms with E-state index in [2.05, 4.69) is 20.2 Å². The molecule has 1 heterocycles. The molecule has 6 N–H and O–H groups in total. The summed E-state index contributed by atoms with van der Waals surface area (Å²) >= 11 is 0. The van der Waals surface area contributed by atoms with Crippen molar-refractivity contribution in [2.45, 2.75) is 16.7 Å². The van der Waals surface area contributed by atoms with Gasteiger partial charge in [0.1, 0.15) is 0 Å². The first-order chi connectivity index (χ1) is 17.0. The molecule has 0 atom stereocenters. The smallest absolute Gasteiger partial charge is 0.264 e. The molecular formula is C23H24N6O5S2. The van der Waals surface area contributed by atoms with Gasteiger partial charge in [-0.3, -0.25) is 14.6 Å². The van der Waals surface area contributed by atoms with Crippen molar-refractivity contribution in [3.05, 3.63) is 91.1 Å². The molecule has 188 valence electrons. The number of aromatic nitrogens is 2. The second-order valence-electron chi connectivity index (χ2n) is 7.31. The fourth-order valence-electron chi connectivity index (χ4n) is 2.81. The predicted octanol–water partition coefficient (Wildman–Crippen LogP) is 3.05. The summed E-state index contributed by atoms with van der Waals surface area (Å²) < 4.78 is 51.7. The number of benzene rings is 3. The summed E-state index contributed by atoms with van der Waals surface area (Å²) in [5.41, 5.74) is 7.14. The predicted molar refractivity (Wildman–Crippen MR) is 137 cm³/mol. The van der Waals surface area contributed by atoms with Crippen molar-refractivity contribution in [2.75, 3.05) is 15.8 Å². The molecule has 4 aromatic rings. The van der Waals surface area contributed by atoms with Gasteiger partial charge < -0.3 is 11.1 Å². The van der Waals surface area contributed by atoms with Gasteiger partial charge in [0.2, 0.25) is 5.91 Å². The van der Waals surface area contributed by atoms with E-state index < -0.39 is 26.0 Å². The molecule has 1 aromatic heterocycles. The fraction of sp³-hybridized carbons (Fsp3) is 0.0435. The zero-order chi connectivity index (χ0) is 26.2. The van der Waals surface area contributed by atoms with Crippen LogP contribution in [0.15, 0.2) is 101 Å². The molecule has 36 heavy (non-hydrogen) atoms. The van der Waals surface area contributed by atoms with E-state index in [4.69, 9.17) is 5.73 Å². The molecule has 0 spiro atoms. The molecule has 4 rings (SSSR count). The normalized spacial score (nSPS) is 11.0. The number of nitrogens with one attached hydrogen (secondary N) is 4. The number of aromatic amines is 1. The van der Waals surface area contributed by atoms with Gasteiger partial charge in [-0.25, -0.2) is 21.6 Å². The average molecular weight is 529 g/mol. The second kappa shape index (κ2) is 11.4. The lowest BCUT2D eigenvalue weighted by Gasteiger charge is -2.09. The van der Waals surface area contributed by atoms with Crippen LogP contribution in [-0.4, -0.2) is 32.9 Å². The lowest BCUT2D eigenvalue weighted by Crippen LogP contribution is -2.28. The van der Waals surface area contributed by atoms with Crippen molar-refractivity contribution in [3.8, 4) is 0 Å². The van der Waals surface area contributed by atoms with Gasteiger partial charge in [-0.2, -0.15) is 5.10 Å². The number of sulfonamides is 2. The maximum absolute atomic E-state index is 12.3. The van der Waals surface area contributed by atoms with Crippen molar-refractivity contribution in [3.63, 3.8) is 0 Å². The van der Waals surface area contributed by atoms with Gasteiger partial charge in [0.05, 0.1) is 9.79 Å². The first-order valence-corrected chi connectivity index (χ1v) is 13.4. The number of anilines is 4. The second-order valence-corrected chi connectivity index (χ2v) is 10.7. The fourth-order valence-corrected chi connectivity index (χ4v) is 4.86. The largest absolute Gasteiger partial charge is 0.399 e. The van der Waals surface area contributed by atoms with Crippen molar-refractivity contribution >= 4 is 48.8 Å². The highest BCUT2D eigenvalue weighted by Gasteiger charge is 2.15. The summed E-state index contributed by atoms with van der Waals surface area (Å²) in [6, 6.07) is 22.6. The van der Waals surface area contributed by atoms with Crippen LogP contribution >= 0.6 is 0 Å². The number of hydrogen-bond acceptors (Lipinski definition) is 8. The summed E-state index contributed by atoms with van der Waals surface area (Å²) in [5.74, 6) is 0.0415. The van der Waals surface area contributed by atoms with Crippen LogP contribution in [-0.2, 0) is 24.8 Å². The van der Waals surface area contributed by atoms with E-state index in [1.807, 2.05) is 10.8 Å². The topological polar surface area (TPSA) is 176 Å². The first-order valence-electron chi connectivity index (χ1n) is 10.4. The van der Waals surface area contributed by atoms with Gasteiger partial charge in [0.15, 0.2) is 5.82 Å². The quantitative estimate of drug-likeness (QED) is 0.227. The van der Waals surface area contributed by atoms with Gasteiger partial charge in [0, 0.05) is 36.2 Å². The summed E-state index contributed by atoms with van der Waals surface area (Å²) in [6.07, 6.45) is 1.70. The van der Waals surface area contributed by atoms with E-state index in [0.717, 1.165) is 12.6 Å². The summed E-state index contributed by atoms with van der Waals surface area (Å²) in [4.78, 5) is 10.8. The number of carbonyl (C=O) groups excluding carboxylic acids is 1. The number of carbonyl (C=O) groups is 1. The zero-order valence-corrected chi connectivity index (χ0v) is 20.7. The standard InChI is InChI=1S/C15H14N4O2S.C8H10N2O3S/c20-22(21,19-13-4-2-1-3-5-13)14-8-6-12(7-9-14)17-15-10-11-16-18-15;1-6(11)10-14(12,13)8-4-2-7(9)3-5-8/h1-11,19H,(H2,16,17,18);2-5H,9H2,1H3,(H,10,11). The van der Waals surface area contributed by atoms with Crippen LogP contribution in [0.4, 0.5) is 22.9 Å². The van der Waals surface area contributed by atoms with Crippen LogP contribution in [0.3, 0.4) is 0 Å². The molecule has 0 saturated heterocycles. The molecule has 0 aliphatic rings. The van der Waals surface area contributed by atoms with Gasteiger partial charge in [-0.15, -0.1) is 0 Å². The Morgan fingerprint density at radius 2 is 1.36 bits per heavy atom. The molecular weight excluding hydrogens is 504 g/mol. The molecule has 1 amide bonds. The number of para-hydroxylation sites is 1. The van der Waals surface area contributed by atoms with Crippen LogP contribution in [0, 0.1) is 0 Å². The van der Waals surface area contributed by atoms with Crippen molar-refractivity contribution in [1.29, 1.82) is 0 Å². The van der Waals surface area contributed by atoms with E-state index in [1.165, 1.54) is 24.3 Å². The third-order valence-corrected chi connectivity index (χ3v) is 7.28. The molecule has 13 heteroatoms. The Labute approximate surface area is 208 Å². The third kappa shape index (κ3) is 7.58. The van der Waals surface area contributed by atoms with E-state index in [-0.39, 0.29) is 9.79 Å². The van der Waals surface area contributed by atoms with Gasteiger partial charge in [-0.1, -0.05) is 18.2 Å². The number of nitrogens with two attached hydrogens (primary N) is 1.